The Kier molecular flexibility index (Phi) is 5.05. The molecule has 20 heavy (non-hydrogen) atoms. The monoisotopic (exact) mass is 297 g/mol. The molecule has 0 aliphatic heterocycles. The van der Waals surface area contributed by atoms with Gasteiger partial charge in [0.2, 0.25) is 0 Å². The van der Waals surface area contributed by atoms with Crippen LogP contribution in [-0.2, 0) is 9.53 Å². The fourth-order valence-electron chi connectivity index (χ4n) is 1.54. The number of carboxylic acids is 1. The van der Waals surface area contributed by atoms with Gasteiger partial charge in [0, 0.05) is 10.6 Å². The standard InChI is InChI=1S/C14H19NO4S/c1-8-5-9(6-10(12(8)15)13(17)18)20-7-11(16)19-14(2,3)4/h5-6H,7,15H2,1-4H3,(H,17,18). The molecule has 0 radical (unpaired) electrons. The first kappa shape index (κ1) is 16.4. The zero-order valence-corrected chi connectivity index (χ0v) is 12.8. The Labute approximate surface area is 122 Å². The number of hydrogen-bond donors (Lipinski definition) is 2. The van der Waals surface area contributed by atoms with Gasteiger partial charge in [0.1, 0.15) is 5.60 Å². The number of benzene rings is 1. The molecule has 0 amide bonds. The molecular weight excluding hydrogens is 278 g/mol. The summed E-state index contributed by atoms with van der Waals surface area (Å²) in [6.45, 7) is 7.13. The zero-order valence-electron chi connectivity index (χ0n) is 12.0. The summed E-state index contributed by atoms with van der Waals surface area (Å²) in [5, 5.41) is 9.06. The van der Waals surface area contributed by atoms with Crippen LogP contribution in [0.5, 0.6) is 0 Å². The van der Waals surface area contributed by atoms with E-state index in [1.54, 1.807) is 33.8 Å². The highest BCUT2D eigenvalue weighted by Gasteiger charge is 2.17. The second-order valence-electron chi connectivity index (χ2n) is 5.38. The molecule has 0 heterocycles. The number of nitrogens with two attached hydrogens (primary N) is 1. The Morgan fingerprint density at radius 3 is 2.45 bits per heavy atom. The molecule has 0 aliphatic carbocycles. The molecule has 0 saturated heterocycles. The van der Waals surface area contributed by atoms with Gasteiger partial charge in [-0.05, 0) is 45.4 Å². The molecule has 0 bridgehead atoms. The van der Waals surface area contributed by atoms with Crippen molar-refractivity contribution in [3.05, 3.63) is 23.3 Å². The topological polar surface area (TPSA) is 89.6 Å². The number of aryl methyl sites for hydroxylation is 1. The Balaban J connectivity index is 2.79. The summed E-state index contributed by atoms with van der Waals surface area (Å²) in [4.78, 5) is 23.4. The molecular formula is C14H19NO4S. The maximum Gasteiger partial charge on any atom is 0.337 e. The van der Waals surface area contributed by atoms with Crippen molar-refractivity contribution in [2.75, 3.05) is 11.5 Å². The molecule has 0 aliphatic rings. The molecule has 1 aromatic rings. The van der Waals surface area contributed by atoms with Crippen molar-refractivity contribution in [2.24, 2.45) is 0 Å². The average Bonchev–Trinajstić information content (AvgIpc) is 2.27. The fraction of sp³-hybridized carbons (Fsp3) is 0.429. The van der Waals surface area contributed by atoms with E-state index in [1.165, 1.54) is 17.8 Å². The number of carboxylic acid groups (broad SMARTS) is 1. The van der Waals surface area contributed by atoms with Crippen LogP contribution in [0, 0.1) is 6.92 Å². The summed E-state index contributed by atoms with van der Waals surface area (Å²) in [6.07, 6.45) is 0. The van der Waals surface area contributed by atoms with E-state index in [9.17, 15) is 9.59 Å². The molecule has 6 heteroatoms. The number of ether oxygens (including phenoxy) is 1. The van der Waals surface area contributed by atoms with Crippen molar-refractivity contribution < 1.29 is 19.4 Å². The van der Waals surface area contributed by atoms with Gasteiger partial charge in [-0.1, -0.05) is 0 Å². The first-order chi connectivity index (χ1) is 9.10. The summed E-state index contributed by atoms with van der Waals surface area (Å²) in [5.74, 6) is -1.29. The third-order valence-electron chi connectivity index (χ3n) is 2.37. The first-order valence-electron chi connectivity index (χ1n) is 6.08. The highest BCUT2D eigenvalue weighted by molar-refractivity contribution is 8.00. The third-order valence-corrected chi connectivity index (χ3v) is 3.32. The predicted molar refractivity (Wildman–Crippen MR) is 79.1 cm³/mol. The van der Waals surface area contributed by atoms with E-state index in [0.717, 1.165) is 0 Å². The summed E-state index contributed by atoms with van der Waals surface area (Å²) >= 11 is 1.23. The Morgan fingerprint density at radius 2 is 1.95 bits per heavy atom. The third kappa shape index (κ3) is 4.77. The van der Waals surface area contributed by atoms with Crippen molar-refractivity contribution >= 4 is 29.4 Å². The fourth-order valence-corrected chi connectivity index (χ4v) is 2.34. The van der Waals surface area contributed by atoms with Crippen LogP contribution in [-0.4, -0.2) is 28.4 Å². The van der Waals surface area contributed by atoms with Gasteiger partial charge in [0.05, 0.1) is 11.3 Å². The van der Waals surface area contributed by atoms with Gasteiger partial charge in [0.15, 0.2) is 0 Å². The summed E-state index contributed by atoms with van der Waals surface area (Å²) < 4.78 is 5.19. The quantitative estimate of drug-likeness (QED) is 0.504. The minimum Gasteiger partial charge on any atom is -0.478 e. The normalized spacial score (nSPS) is 11.2. The van der Waals surface area contributed by atoms with Crippen molar-refractivity contribution in [1.29, 1.82) is 0 Å². The highest BCUT2D eigenvalue weighted by atomic mass is 32.2. The summed E-state index contributed by atoms with van der Waals surface area (Å²) in [7, 11) is 0. The van der Waals surface area contributed by atoms with E-state index < -0.39 is 11.6 Å². The zero-order chi connectivity index (χ0) is 15.5. The summed E-state index contributed by atoms with van der Waals surface area (Å²) in [5.41, 5.74) is 6.16. The Bertz CT molecular complexity index is 535. The molecule has 0 atom stereocenters. The average molecular weight is 297 g/mol. The maximum atomic E-state index is 11.6. The largest absolute Gasteiger partial charge is 0.478 e. The summed E-state index contributed by atoms with van der Waals surface area (Å²) in [6, 6.07) is 3.23. The van der Waals surface area contributed by atoms with Crippen LogP contribution in [0.3, 0.4) is 0 Å². The minimum atomic E-state index is -1.08. The molecule has 1 aromatic carbocycles. The number of carbonyl (C=O) groups excluding carboxylic acids is 1. The lowest BCUT2D eigenvalue weighted by molar-refractivity contribution is -0.151. The van der Waals surface area contributed by atoms with Gasteiger partial charge in [-0.2, -0.15) is 0 Å². The van der Waals surface area contributed by atoms with E-state index in [-0.39, 0.29) is 23.0 Å². The predicted octanol–water partition coefficient (Wildman–Crippen LogP) is 2.71. The van der Waals surface area contributed by atoms with Gasteiger partial charge in [0.25, 0.3) is 0 Å². The van der Waals surface area contributed by atoms with E-state index in [2.05, 4.69) is 0 Å². The van der Waals surface area contributed by atoms with Crippen LogP contribution in [0.25, 0.3) is 0 Å². The van der Waals surface area contributed by atoms with Crippen LogP contribution in [0.2, 0.25) is 0 Å². The lowest BCUT2D eigenvalue weighted by Crippen LogP contribution is -2.24. The van der Waals surface area contributed by atoms with Gasteiger partial charge in [-0.15, -0.1) is 11.8 Å². The van der Waals surface area contributed by atoms with Crippen molar-refractivity contribution in [1.82, 2.24) is 0 Å². The van der Waals surface area contributed by atoms with Crippen molar-refractivity contribution in [2.45, 2.75) is 38.2 Å². The van der Waals surface area contributed by atoms with Gasteiger partial charge >= 0.3 is 11.9 Å². The van der Waals surface area contributed by atoms with Gasteiger partial charge in [-0.25, -0.2) is 4.79 Å². The molecule has 110 valence electrons. The molecule has 0 spiro atoms. The molecule has 0 aromatic heterocycles. The van der Waals surface area contributed by atoms with E-state index >= 15 is 0 Å². The van der Waals surface area contributed by atoms with Crippen LogP contribution in [0.1, 0.15) is 36.7 Å². The number of esters is 1. The number of aromatic carboxylic acids is 1. The second-order valence-corrected chi connectivity index (χ2v) is 6.43. The number of anilines is 1. The second kappa shape index (κ2) is 6.17. The van der Waals surface area contributed by atoms with E-state index in [0.29, 0.717) is 10.5 Å². The van der Waals surface area contributed by atoms with Gasteiger partial charge < -0.3 is 15.6 Å². The Morgan fingerprint density at radius 1 is 1.35 bits per heavy atom. The van der Waals surface area contributed by atoms with Gasteiger partial charge in [-0.3, -0.25) is 4.79 Å². The lowest BCUT2D eigenvalue weighted by Gasteiger charge is -2.19. The molecule has 5 nitrogen and oxygen atoms in total. The number of nitrogen functional groups attached to an aromatic ring is 1. The SMILES string of the molecule is Cc1cc(SCC(=O)OC(C)(C)C)cc(C(=O)O)c1N. The molecule has 0 saturated carbocycles. The van der Waals surface area contributed by atoms with Crippen molar-refractivity contribution in [3.63, 3.8) is 0 Å². The minimum absolute atomic E-state index is 0.0525. The van der Waals surface area contributed by atoms with E-state index in [4.69, 9.17) is 15.6 Å². The highest BCUT2D eigenvalue weighted by Crippen LogP contribution is 2.27. The number of thioether (sulfide) groups is 1. The van der Waals surface area contributed by atoms with Crippen LogP contribution in [0.15, 0.2) is 17.0 Å². The van der Waals surface area contributed by atoms with E-state index in [1.807, 2.05) is 0 Å². The van der Waals surface area contributed by atoms with Crippen LogP contribution in [0.4, 0.5) is 5.69 Å². The Hall–Kier alpha value is -1.69. The van der Waals surface area contributed by atoms with Crippen LogP contribution < -0.4 is 5.73 Å². The number of hydrogen-bond acceptors (Lipinski definition) is 5. The first-order valence-corrected chi connectivity index (χ1v) is 7.07. The number of rotatable bonds is 4. The molecule has 3 N–H and O–H groups in total. The molecule has 0 fully saturated rings. The smallest absolute Gasteiger partial charge is 0.337 e. The number of carbonyl (C=O) groups is 2. The lowest BCUT2D eigenvalue weighted by atomic mass is 10.1. The maximum absolute atomic E-state index is 11.6. The van der Waals surface area contributed by atoms with Crippen molar-refractivity contribution in [3.8, 4) is 0 Å². The molecule has 1 rings (SSSR count). The molecule has 0 unspecified atom stereocenters. The van der Waals surface area contributed by atoms with Crippen LogP contribution >= 0.6 is 11.8 Å².